The minimum absolute atomic E-state index is 0.0734. The molecule has 0 saturated heterocycles. The minimum atomic E-state index is -0.0734. The lowest BCUT2D eigenvalue weighted by Gasteiger charge is -2.09. The van der Waals surface area contributed by atoms with E-state index in [1.807, 2.05) is 49.7 Å². The van der Waals surface area contributed by atoms with Gasteiger partial charge in [-0.1, -0.05) is 23.7 Å². The Bertz CT molecular complexity index is 1210. The number of imidazole rings is 1. The van der Waals surface area contributed by atoms with Crippen LogP contribution in [0.1, 0.15) is 22.1 Å². The van der Waals surface area contributed by atoms with Crippen molar-refractivity contribution in [2.75, 3.05) is 7.11 Å². The zero-order chi connectivity index (χ0) is 19.8. The second-order valence-corrected chi connectivity index (χ2v) is 7.65. The molecule has 142 valence electrons. The summed E-state index contributed by atoms with van der Waals surface area (Å²) >= 11 is 7.74. The zero-order valence-corrected chi connectivity index (χ0v) is 17.2. The predicted octanol–water partition coefficient (Wildman–Crippen LogP) is 5.29. The lowest BCUT2D eigenvalue weighted by atomic mass is 10.1. The number of nitrogens with zero attached hydrogens (tertiary/aromatic N) is 3. The van der Waals surface area contributed by atoms with Crippen molar-refractivity contribution in [3.05, 3.63) is 68.9 Å². The number of hydrogen-bond acceptors (Lipinski definition) is 5. The van der Waals surface area contributed by atoms with Crippen LogP contribution in [0.15, 0.2) is 41.8 Å². The maximum absolute atomic E-state index is 10.0. The Morgan fingerprint density at radius 3 is 2.71 bits per heavy atom. The largest absolute Gasteiger partial charge is 0.503 e. The molecule has 4 rings (SSSR count). The van der Waals surface area contributed by atoms with Gasteiger partial charge >= 0.3 is 0 Å². The number of hydrogen-bond donors (Lipinski definition) is 1. The Kier molecular flexibility index (Phi) is 4.83. The second kappa shape index (κ2) is 7.30. The molecule has 2 aromatic heterocycles. The van der Waals surface area contributed by atoms with E-state index in [-0.39, 0.29) is 10.8 Å². The first kappa shape index (κ1) is 18.5. The van der Waals surface area contributed by atoms with E-state index in [9.17, 15) is 5.11 Å². The summed E-state index contributed by atoms with van der Waals surface area (Å²) in [5.41, 5.74) is 4.57. The van der Waals surface area contributed by atoms with Crippen LogP contribution in [-0.4, -0.2) is 26.8 Å². The third-order valence-corrected chi connectivity index (χ3v) is 5.74. The Morgan fingerprint density at radius 2 is 2.04 bits per heavy atom. The number of phenols is 1. The number of ether oxygens (including phenoxy) is 1. The van der Waals surface area contributed by atoms with E-state index in [0.29, 0.717) is 5.75 Å². The summed E-state index contributed by atoms with van der Waals surface area (Å²) in [6.45, 7) is 1.97. The fourth-order valence-corrected chi connectivity index (χ4v) is 4.11. The van der Waals surface area contributed by atoms with Gasteiger partial charge in [-0.15, -0.1) is 11.3 Å². The molecule has 2 heterocycles. The van der Waals surface area contributed by atoms with Crippen LogP contribution in [0.2, 0.25) is 5.02 Å². The van der Waals surface area contributed by atoms with Crippen LogP contribution in [0.5, 0.6) is 11.5 Å². The van der Waals surface area contributed by atoms with Crippen LogP contribution >= 0.6 is 22.9 Å². The highest BCUT2D eigenvalue weighted by atomic mass is 35.5. The first-order valence-corrected chi connectivity index (χ1v) is 9.86. The first-order chi connectivity index (χ1) is 13.5. The number of fused-ring (bicyclic) bond motifs is 1. The number of aryl methyl sites for hydroxylation is 2. The molecule has 5 nitrogen and oxygen atoms in total. The SMILES string of the molecule is COc1cc(C=C(c2nc(C)cs2)c2nc3ccccc3n2C)cc(Cl)c1O. The average molecular weight is 412 g/mol. The third kappa shape index (κ3) is 3.25. The highest BCUT2D eigenvalue weighted by Gasteiger charge is 2.18. The second-order valence-electron chi connectivity index (χ2n) is 6.39. The van der Waals surface area contributed by atoms with Gasteiger partial charge in [0.2, 0.25) is 0 Å². The van der Waals surface area contributed by atoms with Gasteiger partial charge in [-0.2, -0.15) is 0 Å². The molecular weight excluding hydrogens is 394 g/mol. The number of rotatable bonds is 4. The molecule has 0 fully saturated rings. The van der Waals surface area contributed by atoms with E-state index in [4.69, 9.17) is 21.3 Å². The summed E-state index contributed by atoms with van der Waals surface area (Å²) in [6.07, 6.45) is 1.97. The number of benzene rings is 2. The summed E-state index contributed by atoms with van der Waals surface area (Å²) in [7, 11) is 3.48. The van der Waals surface area contributed by atoms with Crippen molar-refractivity contribution in [2.24, 2.45) is 7.05 Å². The highest BCUT2D eigenvalue weighted by molar-refractivity contribution is 7.11. The predicted molar refractivity (Wildman–Crippen MR) is 114 cm³/mol. The van der Waals surface area contributed by atoms with Crippen LogP contribution in [0.4, 0.5) is 0 Å². The standard InChI is InChI=1S/C21H18ClN3O2S/c1-12-11-28-21(23-12)14(8-13-9-15(22)19(26)18(10-13)27-3)20-24-16-6-4-5-7-17(16)25(20)2/h4-11,26H,1-3H3. The van der Waals surface area contributed by atoms with Crippen LogP contribution in [0.3, 0.4) is 0 Å². The summed E-state index contributed by atoms with van der Waals surface area (Å²) in [5.74, 6) is 1.05. The summed E-state index contributed by atoms with van der Waals surface area (Å²) in [4.78, 5) is 9.49. The van der Waals surface area contributed by atoms with Crippen LogP contribution < -0.4 is 4.74 Å². The molecule has 4 aromatic rings. The molecule has 0 saturated carbocycles. The van der Waals surface area contributed by atoms with Gasteiger partial charge in [0.15, 0.2) is 11.5 Å². The Labute approximate surface area is 171 Å². The first-order valence-electron chi connectivity index (χ1n) is 8.60. The van der Waals surface area contributed by atoms with E-state index in [2.05, 4.69) is 9.55 Å². The van der Waals surface area contributed by atoms with Crippen molar-refractivity contribution in [3.8, 4) is 11.5 Å². The summed E-state index contributed by atoms with van der Waals surface area (Å²) < 4.78 is 7.29. The molecule has 2 aromatic carbocycles. The number of phenolic OH excluding ortho intramolecular Hbond substituents is 1. The van der Waals surface area contributed by atoms with Gasteiger partial charge in [0.25, 0.3) is 0 Å². The lowest BCUT2D eigenvalue weighted by Crippen LogP contribution is -1.99. The molecule has 28 heavy (non-hydrogen) atoms. The smallest absolute Gasteiger partial charge is 0.176 e. The molecule has 0 radical (unpaired) electrons. The zero-order valence-electron chi connectivity index (χ0n) is 15.6. The van der Waals surface area contributed by atoms with Gasteiger partial charge in [0.1, 0.15) is 10.8 Å². The fraction of sp³-hybridized carbons (Fsp3) is 0.143. The summed E-state index contributed by atoms with van der Waals surface area (Å²) in [5, 5.41) is 13.1. The molecule has 0 atom stereocenters. The third-order valence-electron chi connectivity index (χ3n) is 4.46. The van der Waals surface area contributed by atoms with E-state index in [1.165, 1.54) is 7.11 Å². The van der Waals surface area contributed by atoms with E-state index in [0.717, 1.165) is 38.7 Å². The molecule has 0 aliphatic rings. The van der Waals surface area contributed by atoms with Crippen molar-refractivity contribution in [1.82, 2.24) is 14.5 Å². The molecule has 0 amide bonds. The Morgan fingerprint density at radius 1 is 1.25 bits per heavy atom. The summed E-state index contributed by atoms with van der Waals surface area (Å²) in [6, 6.07) is 11.4. The van der Waals surface area contributed by atoms with Gasteiger partial charge in [0, 0.05) is 18.1 Å². The molecule has 0 aliphatic carbocycles. The van der Waals surface area contributed by atoms with Gasteiger partial charge < -0.3 is 14.4 Å². The molecule has 0 spiro atoms. The highest BCUT2D eigenvalue weighted by Crippen LogP contribution is 2.37. The van der Waals surface area contributed by atoms with Gasteiger partial charge in [-0.25, -0.2) is 9.97 Å². The average Bonchev–Trinajstić information content (AvgIpc) is 3.26. The van der Waals surface area contributed by atoms with Crippen LogP contribution in [-0.2, 0) is 7.05 Å². The quantitative estimate of drug-likeness (QED) is 0.495. The van der Waals surface area contributed by atoms with Crippen molar-refractivity contribution < 1.29 is 9.84 Å². The molecular formula is C21H18ClN3O2S. The van der Waals surface area contributed by atoms with Gasteiger partial charge in [0.05, 0.1) is 28.7 Å². The normalized spacial score (nSPS) is 11.9. The molecule has 1 N–H and O–H groups in total. The monoisotopic (exact) mass is 411 g/mol. The number of halogens is 1. The molecule has 0 bridgehead atoms. The van der Waals surface area contributed by atoms with Crippen molar-refractivity contribution >= 4 is 45.6 Å². The Balaban J connectivity index is 1.95. The fourth-order valence-electron chi connectivity index (χ4n) is 3.09. The minimum Gasteiger partial charge on any atom is -0.503 e. The van der Waals surface area contributed by atoms with Crippen LogP contribution in [0, 0.1) is 6.92 Å². The van der Waals surface area contributed by atoms with Crippen LogP contribution in [0.25, 0.3) is 22.7 Å². The van der Waals surface area contributed by atoms with Crippen molar-refractivity contribution in [2.45, 2.75) is 6.92 Å². The van der Waals surface area contributed by atoms with E-state index < -0.39 is 0 Å². The topological polar surface area (TPSA) is 60.2 Å². The lowest BCUT2D eigenvalue weighted by molar-refractivity contribution is 0.373. The number of aromatic nitrogens is 3. The maximum Gasteiger partial charge on any atom is 0.176 e. The number of aromatic hydroxyl groups is 1. The molecule has 7 heteroatoms. The molecule has 0 aliphatic heterocycles. The molecule has 0 unspecified atom stereocenters. The van der Waals surface area contributed by atoms with E-state index >= 15 is 0 Å². The number of para-hydroxylation sites is 2. The number of thiazole rings is 1. The Hall–Kier alpha value is -2.83. The number of methoxy groups -OCH3 is 1. The van der Waals surface area contributed by atoms with Crippen molar-refractivity contribution in [1.29, 1.82) is 0 Å². The van der Waals surface area contributed by atoms with Gasteiger partial charge in [-0.3, -0.25) is 0 Å². The van der Waals surface area contributed by atoms with E-state index in [1.54, 1.807) is 23.5 Å². The maximum atomic E-state index is 10.0. The van der Waals surface area contributed by atoms with Gasteiger partial charge in [-0.05, 0) is 42.8 Å². The van der Waals surface area contributed by atoms with Crippen molar-refractivity contribution in [3.63, 3.8) is 0 Å².